The molecule has 0 saturated carbocycles. The lowest BCUT2D eigenvalue weighted by Crippen LogP contribution is -2.47. The first-order chi connectivity index (χ1) is 16.0. The van der Waals surface area contributed by atoms with Crippen molar-refractivity contribution in [3.05, 3.63) is 92.4 Å². The lowest BCUT2D eigenvalue weighted by Gasteiger charge is -2.37. The van der Waals surface area contributed by atoms with Gasteiger partial charge in [-0.2, -0.15) is 0 Å². The second-order valence-corrected chi connectivity index (χ2v) is 9.62. The molecular weight excluding hydrogens is 459 g/mol. The molecule has 0 N–H and O–H groups in total. The molecule has 0 radical (unpaired) electrons. The smallest absolute Gasteiger partial charge is 0.254 e. The van der Waals surface area contributed by atoms with E-state index in [1.807, 2.05) is 16.3 Å². The van der Waals surface area contributed by atoms with Gasteiger partial charge < -0.3 is 9.80 Å². The summed E-state index contributed by atoms with van der Waals surface area (Å²) in [4.78, 5) is 31.5. The van der Waals surface area contributed by atoms with Crippen LogP contribution in [0.1, 0.15) is 52.2 Å². The first-order valence-corrected chi connectivity index (χ1v) is 12.4. The third-order valence-corrected chi connectivity index (χ3v) is 7.17. The van der Waals surface area contributed by atoms with Gasteiger partial charge in [0.05, 0.1) is 6.04 Å². The van der Waals surface area contributed by atoms with Gasteiger partial charge in [-0.15, -0.1) is 11.3 Å². The van der Waals surface area contributed by atoms with Crippen LogP contribution in [-0.4, -0.2) is 41.2 Å². The first kappa shape index (κ1) is 23.5. The molecule has 1 aromatic heterocycles. The van der Waals surface area contributed by atoms with Gasteiger partial charge in [0.1, 0.15) is 12.4 Å². The molecule has 1 aliphatic rings. The predicted molar refractivity (Wildman–Crippen MR) is 130 cm³/mol. The van der Waals surface area contributed by atoms with Crippen LogP contribution in [0.25, 0.3) is 0 Å². The van der Waals surface area contributed by atoms with Crippen LogP contribution in [0.15, 0.2) is 60.0 Å². The fraction of sp³-hybridized carbons (Fsp3) is 0.308. The summed E-state index contributed by atoms with van der Waals surface area (Å²) in [5.74, 6) is -0.630. The van der Waals surface area contributed by atoms with E-state index in [1.165, 1.54) is 17.0 Å². The van der Waals surface area contributed by atoms with Gasteiger partial charge in [-0.25, -0.2) is 4.39 Å². The van der Waals surface area contributed by atoms with Crippen LogP contribution in [0.5, 0.6) is 0 Å². The van der Waals surface area contributed by atoms with Gasteiger partial charge in [0.2, 0.25) is 5.91 Å². The fourth-order valence-corrected chi connectivity index (χ4v) is 5.34. The third kappa shape index (κ3) is 5.28. The van der Waals surface area contributed by atoms with Crippen molar-refractivity contribution in [3.8, 4) is 0 Å². The van der Waals surface area contributed by atoms with Crippen LogP contribution in [0, 0.1) is 5.82 Å². The topological polar surface area (TPSA) is 40.6 Å². The number of rotatable bonds is 7. The van der Waals surface area contributed by atoms with Crippen molar-refractivity contribution in [1.29, 1.82) is 0 Å². The standard InChI is InChI=1S/C26H26ClFN2O2S/c1-2-3-13-29(26(32)19-5-4-6-20(27)16-19)17-24(31)30-14-11-23-22(12-15-33-23)25(30)18-7-9-21(28)10-8-18/h4-10,12,15-16,25H,2-3,11,13-14,17H2,1H3. The highest BCUT2D eigenvalue weighted by Crippen LogP contribution is 2.38. The maximum absolute atomic E-state index is 13.6. The Bertz CT molecular complexity index is 1130. The Labute approximate surface area is 202 Å². The minimum atomic E-state index is -0.309. The molecule has 4 rings (SSSR count). The number of thiophene rings is 1. The highest BCUT2D eigenvalue weighted by atomic mass is 35.5. The van der Waals surface area contributed by atoms with E-state index in [2.05, 4.69) is 6.92 Å². The molecule has 1 atom stereocenters. The Morgan fingerprint density at radius 2 is 1.97 bits per heavy atom. The van der Waals surface area contributed by atoms with E-state index >= 15 is 0 Å². The molecular formula is C26H26ClFN2O2S. The molecule has 33 heavy (non-hydrogen) atoms. The van der Waals surface area contributed by atoms with Crippen molar-refractivity contribution in [3.63, 3.8) is 0 Å². The van der Waals surface area contributed by atoms with E-state index in [4.69, 9.17) is 11.6 Å². The monoisotopic (exact) mass is 484 g/mol. The zero-order chi connectivity index (χ0) is 23.4. The Morgan fingerprint density at radius 3 is 2.70 bits per heavy atom. The van der Waals surface area contributed by atoms with Crippen LogP contribution < -0.4 is 0 Å². The number of unbranched alkanes of at least 4 members (excludes halogenated alkanes) is 1. The molecule has 2 heterocycles. The van der Waals surface area contributed by atoms with Crippen molar-refractivity contribution >= 4 is 34.8 Å². The number of hydrogen-bond acceptors (Lipinski definition) is 3. The van der Waals surface area contributed by atoms with Crippen molar-refractivity contribution < 1.29 is 14.0 Å². The van der Waals surface area contributed by atoms with Gasteiger partial charge in [-0.05, 0) is 65.7 Å². The number of halogens is 2. The van der Waals surface area contributed by atoms with Gasteiger partial charge >= 0.3 is 0 Å². The summed E-state index contributed by atoms with van der Waals surface area (Å²) < 4.78 is 13.6. The minimum Gasteiger partial charge on any atom is -0.330 e. The maximum Gasteiger partial charge on any atom is 0.254 e. The fourth-order valence-electron chi connectivity index (χ4n) is 4.25. The molecule has 0 fully saturated rings. The summed E-state index contributed by atoms with van der Waals surface area (Å²) in [5, 5.41) is 2.52. The van der Waals surface area contributed by atoms with Gasteiger partial charge in [0.15, 0.2) is 0 Å². The molecule has 0 spiro atoms. The molecule has 0 bridgehead atoms. The molecule has 2 amide bonds. The molecule has 2 aromatic carbocycles. The average Bonchev–Trinajstić information content (AvgIpc) is 3.30. The Balaban J connectivity index is 1.61. The van der Waals surface area contributed by atoms with Gasteiger partial charge in [-0.3, -0.25) is 9.59 Å². The van der Waals surface area contributed by atoms with Crippen LogP contribution in [-0.2, 0) is 11.2 Å². The van der Waals surface area contributed by atoms with E-state index < -0.39 is 0 Å². The first-order valence-electron chi connectivity index (χ1n) is 11.1. The summed E-state index contributed by atoms with van der Waals surface area (Å²) in [7, 11) is 0. The molecule has 1 aliphatic heterocycles. The SMILES string of the molecule is CCCCN(CC(=O)N1CCc2sccc2C1c1ccc(F)cc1)C(=O)c1cccc(Cl)c1. The van der Waals surface area contributed by atoms with Crippen molar-refractivity contribution in [2.45, 2.75) is 32.2 Å². The number of hydrogen-bond donors (Lipinski definition) is 0. The highest BCUT2D eigenvalue weighted by Gasteiger charge is 2.34. The third-order valence-electron chi connectivity index (χ3n) is 5.94. The van der Waals surface area contributed by atoms with Crippen LogP contribution >= 0.6 is 22.9 Å². The summed E-state index contributed by atoms with van der Waals surface area (Å²) in [5.41, 5.74) is 2.41. The summed E-state index contributed by atoms with van der Waals surface area (Å²) in [6, 6.07) is 14.9. The molecule has 0 aliphatic carbocycles. The number of carbonyl (C=O) groups is 2. The maximum atomic E-state index is 13.6. The zero-order valence-corrected chi connectivity index (χ0v) is 20.0. The summed E-state index contributed by atoms with van der Waals surface area (Å²) in [6.45, 7) is 3.09. The Kier molecular flexibility index (Phi) is 7.46. The van der Waals surface area contributed by atoms with E-state index in [1.54, 1.807) is 52.6 Å². The number of benzene rings is 2. The summed E-state index contributed by atoms with van der Waals surface area (Å²) >= 11 is 7.77. The van der Waals surface area contributed by atoms with Gasteiger partial charge in [-0.1, -0.05) is 43.1 Å². The molecule has 7 heteroatoms. The molecule has 4 nitrogen and oxygen atoms in total. The molecule has 1 unspecified atom stereocenters. The van der Waals surface area contributed by atoms with Gasteiger partial charge in [0, 0.05) is 28.6 Å². The normalized spacial score (nSPS) is 15.2. The predicted octanol–water partition coefficient (Wildman–Crippen LogP) is 5.96. The number of nitrogens with zero attached hydrogens (tertiary/aromatic N) is 2. The van der Waals surface area contributed by atoms with Crippen molar-refractivity contribution in [2.75, 3.05) is 19.6 Å². The van der Waals surface area contributed by atoms with Crippen molar-refractivity contribution in [2.24, 2.45) is 0 Å². The number of amides is 2. The molecule has 0 saturated heterocycles. The number of fused-ring (bicyclic) bond motifs is 1. The second-order valence-electron chi connectivity index (χ2n) is 8.18. The Morgan fingerprint density at radius 1 is 1.18 bits per heavy atom. The second kappa shape index (κ2) is 10.5. The van der Waals surface area contributed by atoms with E-state index in [0.717, 1.165) is 30.4 Å². The summed E-state index contributed by atoms with van der Waals surface area (Å²) in [6.07, 6.45) is 2.48. The zero-order valence-electron chi connectivity index (χ0n) is 18.5. The lowest BCUT2D eigenvalue weighted by atomic mass is 9.93. The quantitative estimate of drug-likeness (QED) is 0.415. The van der Waals surface area contributed by atoms with Crippen LogP contribution in [0.2, 0.25) is 5.02 Å². The minimum absolute atomic E-state index is 0.0114. The Hall–Kier alpha value is -2.70. The number of carbonyl (C=O) groups excluding carboxylic acids is 2. The van der Waals surface area contributed by atoms with Gasteiger partial charge in [0.25, 0.3) is 5.91 Å². The molecule has 172 valence electrons. The van der Waals surface area contributed by atoms with E-state index in [9.17, 15) is 14.0 Å². The largest absolute Gasteiger partial charge is 0.330 e. The average molecular weight is 485 g/mol. The van der Waals surface area contributed by atoms with Crippen LogP contribution in [0.3, 0.4) is 0 Å². The van der Waals surface area contributed by atoms with E-state index in [-0.39, 0.29) is 30.2 Å². The van der Waals surface area contributed by atoms with E-state index in [0.29, 0.717) is 23.7 Å². The highest BCUT2D eigenvalue weighted by molar-refractivity contribution is 7.10. The lowest BCUT2D eigenvalue weighted by molar-refractivity contribution is -0.134. The molecule has 3 aromatic rings. The van der Waals surface area contributed by atoms with Crippen molar-refractivity contribution in [1.82, 2.24) is 9.80 Å². The van der Waals surface area contributed by atoms with Crippen LogP contribution in [0.4, 0.5) is 4.39 Å².